The molecule has 3 heterocycles. The van der Waals surface area contributed by atoms with Gasteiger partial charge in [0.05, 0.1) is 0 Å². The maximum atomic E-state index is 12.2. The summed E-state index contributed by atoms with van der Waals surface area (Å²) in [6.07, 6.45) is 6.70. The van der Waals surface area contributed by atoms with Gasteiger partial charge in [0.25, 0.3) is 5.91 Å². The van der Waals surface area contributed by atoms with Gasteiger partial charge in [0.1, 0.15) is 5.69 Å². The molecule has 0 unspecified atom stereocenters. The van der Waals surface area contributed by atoms with Gasteiger partial charge in [-0.15, -0.1) is 12.4 Å². The Morgan fingerprint density at radius 2 is 1.84 bits per heavy atom. The van der Waals surface area contributed by atoms with Crippen LogP contribution in [0.25, 0.3) is 0 Å². The van der Waals surface area contributed by atoms with Gasteiger partial charge in [-0.2, -0.15) is 0 Å². The number of nitrogens with zero attached hydrogens (tertiary/aromatic N) is 1. The molecular formula is C14H22ClN3O. The lowest BCUT2D eigenvalue weighted by molar-refractivity contribution is 0.0491. The van der Waals surface area contributed by atoms with Crippen molar-refractivity contribution in [2.45, 2.75) is 25.7 Å². The minimum absolute atomic E-state index is 0. The fraction of sp³-hybridized carbons (Fsp3) is 0.643. The highest BCUT2D eigenvalue weighted by atomic mass is 35.5. The summed E-state index contributed by atoms with van der Waals surface area (Å²) in [5, 5.41) is 3.43. The molecule has 1 spiro atoms. The van der Waals surface area contributed by atoms with Gasteiger partial charge in [-0.3, -0.25) is 4.79 Å². The number of carbonyl (C=O) groups is 1. The Labute approximate surface area is 120 Å². The van der Waals surface area contributed by atoms with Crippen molar-refractivity contribution in [3.63, 3.8) is 0 Å². The normalized spacial score (nSPS) is 22.0. The van der Waals surface area contributed by atoms with Crippen molar-refractivity contribution >= 4 is 18.3 Å². The third kappa shape index (κ3) is 2.95. The molecule has 1 aromatic heterocycles. The van der Waals surface area contributed by atoms with Gasteiger partial charge in [0, 0.05) is 19.3 Å². The van der Waals surface area contributed by atoms with E-state index in [0.717, 1.165) is 31.9 Å². The number of rotatable bonds is 1. The van der Waals surface area contributed by atoms with Crippen LogP contribution in [0.2, 0.25) is 0 Å². The summed E-state index contributed by atoms with van der Waals surface area (Å²) in [4.78, 5) is 17.2. The first-order valence-electron chi connectivity index (χ1n) is 6.93. The summed E-state index contributed by atoms with van der Waals surface area (Å²) in [5.74, 6) is 0.156. The van der Waals surface area contributed by atoms with Crippen LogP contribution >= 0.6 is 12.4 Å². The van der Waals surface area contributed by atoms with Crippen LogP contribution in [0.15, 0.2) is 18.3 Å². The molecule has 4 nitrogen and oxygen atoms in total. The standard InChI is InChI=1S/C14H21N3O.ClH/c18-13(12-2-1-7-16-12)17-10-5-14(6-11-17)3-8-15-9-4-14;/h1-2,7,15-16H,3-6,8-11H2;1H. The fourth-order valence-electron chi connectivity index (χ4n) is 3.27. The van der Waals surface area contributed by atoms with Crippen molar-refractivity contribution < 1.29 is 4.79 Å². The number of carbonyl (C=O) groups excluding carboxylic acids is 1. The van der Waals surface area contributed by atoms with E-state index in [2.05, 4.69) is 10.3 Å². The molecule has 5 heteroatoms. The highest BCUT2D eigenvalue weighted by molar-refractivity contribution is 5.92. The zero-order chi connectivity index (χ0) is 12.4. The molecule has 0 atom stereocenters. The molecule has 0 aromatic carbocycles. The summed E-state index contributed by atoms with van der Waals surface area (Å²) < 4.78 is 0. The molecule has 1 aromatic rings. The van der Waals surface area contributed by atoms with Crippen LogP contribution in [-0.4, -0.2) is 42.0 Å². The monoisotopic (exact) mass is 283 g/mol. The Hall–Kier alpha value is -1.00. The van der Waals surface area contributed by atoms with Crippen LogP contribution in [0, 0.1) is 5.41 Å². The number of piperidine rings is 2. The quantitative estimate of drug-likeness (QED) is 0.829. The van der Waals surface area contributed by atoms with Crippen LogP contribution in [0.3, 0.4) is 0 Å². The summed E-state index contributed by atoms with van der Waals surface area (Å²) in [6.45, 7) is 4.12. The van der Waals surface area contributed by atoms with Crippen LogP contribution in [0.5, 0.6) is 0 Å². The summed E-state index contributed by atoms with van der Waals surface area (Å²) in [7, 11) is 0. The molecule has 106 valence electrons. The number of amides is 1. The molecule has 2 saturated heterocycles. The maximum Gasteiger partial charge on any atom is 0.270 e. The van der Waals surface area contributed by atoms with Gasteiger partial charge < -0.3 is 15.2 Å². The van der Waals surface area contributed by atoms with E-state index < -0.39 is 0 Å². The van der Waals surface area contributed by atoms with E-state index >= 15 is 0 Å². The zero-order valence-electron chi connectivity index (χ0n) is 11.2. The summed E-state index contributed by atoms with van der Waals surface area (Å²) in [5.41, 5.74) is 1.23. The van der Waals surface area contributed by atoms with E-state index in [1.165, 1.54) is 25.7 Å². The van der Waals surface area contributed by atoms with E-state index in [4.69, 9.17) is 0 Å². The third-order valence-electron chi connectivity index (χ3n) is 4.60. The maximum absolute atomic E-state index is 12.2. The van der Waals surface area contributed by atoms with Crippen molar-refractivity contribution in [3.8, 4) is 0 Å². The fourth-order valence-corrected chi connectivity index (χ4v) is 3.27. The number of aromatic nitrogens is 1. The van der Waals surface area contributed by atoms with Crippen LogP contribution in [0.1, 0.15) is 36.2 Å². The van der Waals surface area contributed by atoms with E-state index in [1.54, 1.807) is 0 Å². The predicted molar refractivity (Wildman–Crippen MR) is 77.7 cm³/mol. The summed E-state index contributed by atoms with van der Waals surface area (Å²) in [6, 6.07) is 3.74. The number of H-pyrrole nitrogens is 1. The van der Waals surface area contributed by atoms with E-state index in [-0.39, 0.29) is 18.3 Å². The Bertz CT molecular complexity index is 402. The molecule has 2 N–H and O–H groups in total. The second-order valence-electron chi connectivity index (χ2n) is 5.63. The average Bonchev–Trinajstić information content (AvgIpc) is 2.94. The van der Waals surface area contributed by atoms with Crippen LogP contribution in [0.4, 0.5) is 0 Å². The molecular weight excluding hydrogens is 262 g/mol. The Kier molecular flexibility index (Phi) is 4.53. The van der Waals surface area contributed by atoms with Gasteiger partial charge in [0.15, 0.2) is 0 Å². The van der Waals surface area contributed by atoms with Crippen molar-refractivity contribution in [1.29, 1.82) is 0 Å². The van der Waals surface area contributed by atoms with Gasteiger partial charge in [-0.1, -0.05) is 0 Å². The molecule has 2 fully saturated rings. The number of hydrogen-bond donors (Lipinski definition) is 2. The molecule has 3 rings (SSSR count). The number of nitrogens with one attached hydrogen (secondary N) is 2. The highest BCUT2D eigenvalue weighted by Gasteiger charge is 2.36. The first-order chi connectivity index (χ1) is 8.79. The molecule has 0 aliphatic carbocycles. The summed E-state index contributed by atoms with van der Waals surface area (Å²) >= 11 is 0. The van der Waals surface area contributed by atoms with Crippen molar-refractivity contribution in [3.05, 3.63) is 24.0 Å². The Balaban J connectivity index is 0.00000133. The Morgan fingerprint density at radius 1 is 1.16 bits per heavy atom. The molecule has 19 heavy (non-hydrogen) atoms. The third-order valence-corrected chi connectivity index (χ3v) is 4.60. The number of hydrogen-bond acceptors (Lipinski definition) is 2. The topological polar surface area (TPSA) is 48.1 Å². The molecule has 0 saturated carbocycles. The first kappa shape index (κ1) is 14.4. The number of aromatic amines is 1. The van der Waals surface area contributed by atoms with Crippen molar-refractivity contribution in [2.24, 2.45) is 5.41 Å². The lowest BCUT2D eigenvalue weighted by Gasteiger charge is -2.44. The largest absolute Gasteiger partial charge is 0.357 e. The minimum atomic E-state index is 0. The Morgan fingerprint density at radius 3 is 2.42 bits per heavy atom. The molecule has 2 aliphatic heterocycles. The highest BCUT2D eigenvalue weighted by Crippen LogP contribution is 2.39. The number of halogens is 1. The van der Waals surface area contributed by atoms with Crippen LogP contribution in [-0.2, 0) is 0 Å². The van der Waals surface area contributed by atoms with E-state index in [1.807, 2.05) is 23.2 Å². The SMILES string of the molecule is Cl.O=C(c1ccc[nH]1)N1CCC2(CCNCC2)CC1. The van der Waals surface area contributed by atoms with Gasteiger partial charge in [-0.05, 0) is 56.3 Å². The zero-order valence-corrected chi connectivity index (χ0v) is 12.0. The molecule has 1 amide bonds. The smallest absolute Gasteiger partial charge is 0.270 e. The van der Waals surface area contributed by atoms with Gasteiger partial charge in [0.2, 0.25) is 0 Å². The van der Waals surface area contributed by atoms with Crippen molar-refractivity contribution in [2.75, 3.05) is 26.2 Å². The van der Waals surface area contributed by atoms with Crippen LogP contribution < -0.4 is 5.32 Å². The second-order valence-corrected chi connectivity index (χ2v) is 5.63. The first-order valence-corrected chi connectivity index (χ1v) is 6.93. The molecule has 0 bridgehead atoms. The molecule has 2 aliphatic rings. The van der Waals surface area contributed by atoms with Crippen molar-refractivity contribution in [1.82, 2.24) is 15.2 Å². The minimum Gasteiger partial charge on any atom is -0.357 e. The van der Waals surface area contributed by atoms with E-state index in [0.29, 0.717) is 5.41 Å². The average molecular weight is 284 g/mol. The van der Waals surface area contributed by atoms with E-state index in [9.17, 15) is 4.79 Å². The number of likely N-dealkylation sites (tertiary alicyclic amines) is 1. The van der Waals surface area contributed by atoms with Gasteiger partial charge >= 0.3 is 0 Å². The van der Waals surface area contributed by atoms with Gasteiger partial charge in [-0.25, -0.2) is 0 Å². The predicted octanol–water partition coefficient (Wildman–Crippen LogP) is 2.04. The lowest BCUT2D eigenvalue weighted by atomic mass is 9.71. The lowest BCUT2D eigenvalue weighted by Crippen LogP contribution is -2.47. The second kappa shape index (κ2) is 5.97. The molecule has 0 radical (unpaired) electrons.